The highest BCUT2D eigenvalue weighted by atomic mass is 32.2. The van der Waals surface area contributed by atoms with Gasteiger partial charge in [-0.25, -0.2) is 13.1 Å². The summed E-state index contributed by atoms with van der Waals surface area (Å²) in [7, 11) is -3.42. The van der Waals surface area contributed by atoms with Crippen LogP contribution in [0.3, 0.4) is 0 Å². The van der Waals surface area contributed by atoms with Gasteiger partial charge in [-0.1, -0.05) is 6.92 Å². The lowest BCUT2D eigenvalue weighted by atomic mass is 10.3. The van der Waals surface area contributed by atoms with Crippen LogP contribution >= 0.6 is 11.3 Å². The Morgan fingerprint density at radius 1 is 1.45 bits per heavy atom. The van der Waals surface area contributed by atoms with Crippen LogP contribution in [0.5, 0.6) is 0 Å². The van der Waals surface area contributed by atoms with Crippen LogP contribution in [0.15, 0.2) is 29.1 Å². The Morgan fingerprint density at radius 2 is 2.23 bits per heavy atom. The molecular weight excluding hydrogens is 322 g/mol. The van der Waals surface area contributed by atoms with Crippen molar-refractivity contribution >= 4 is 32.9 Å². The first kappa shape index (κ1) is 16.7. The van der Waals surface area contributed by atoms with Crippen LogP contribution in [0.4, 0.5) is 5.82 Å². The second kappa shape index (κ2) is 7.06. The van der Waals surface area contributed by atoms with E-state index in [1.807, 2.05) is 16.8 Å². The Labute approximate surface area is 134 Å². The Balaban J connectivity index is 2.08. The maximum absolute atomic E-state index is 12.2. The molecule has 0 fully saturated rings. The van der Waals surface area contributed by atoms with Crippen molar-refractivity contribution < 1.29 is 13.2 Å². The predicted molar refractivity (Wildman–Crippen MR) is 87.8 cm³/mol. The minimum Gasteiger partial charge on any atom is -0.310 e. The number of carbonyl (C=O) groups excluding carboxylic acids is 1. The van der Waals surface area contributed by atoms with Gasteiger partial charge in [0.05, 0.1) is 18.5 Å². The largest absolute Gasteiger partial charge is 0.310 e. The SMILES string of the molecule is CCCS(=O)(=O)C(C)C(=O)Nc1ccnn1Cc1ccsc1. The molecule has 2 aromatic rings. The summed E-state index contributed by atoms with van der Waals surface area (Å²) in [6.45, 7) is 3.72. The van der Waals surface area contributed by atoms with Crippen LogP contribution in [0, 0.1) is 0 Å². The molecule has 0 aliphatic carbocycles. The first-order valence-electron chi connectivity index (χ1n) is 6.99. The highest BCUT2D eigenvalue weighted by molar-refractivity contribution is 7.92. The van der Waals surface area contributed by atoms with E-state index in [0.717, 1.165) is 5.56 Å². The average Bonchev–Trinajstić information content (AvgIpc) is 3.11. The number of carbonyl (C=O) groups is 1. The van der Waals surface area contributed by atoms with Crippen molar-refractivity contribution in [1.82, 2.24) is 9.78 Å². The third kappa shape index (κ3) is 3.95. The van der Waals surface area contributed by atoms with Gasteiger partial charge in [-0.2, -0.15) is 16.4 Å². The molecule has 8 heteroatoms. The molecule has 6 nitrogen and oxygen atoms in total. The van der Waals surface area contributed by atoms with Gasteiger partial charge < -0.3 is 5.32 Å². The molecule has 22 heavy (non-hydrogen) atoms. The lowest BCUT2D eigenvalue weighted by Gasteiger charge is -2.13. The van der Waals surface area contributed by atoms with Crippen LogP contribution in [-0.4, -0.2) is 35.1 Å². The lowest BCUT2D eigenvalue weighted by molar-refractivity contribution is -0.115. The first-order chi connectivity index (χ1) is 10.4. The third-order valence-corrected chi connectivity index (χ3v) is 6.28. The third-order valence-electron chi connectivity index (χ3n) is 3.28. The summed E-state index contributed by atoms with van der Waals surface area (Å²) in [4.78, 5) is 12.2. The van der Waals surface area contributed by atoms with E-state index in [4.69, 9.17) is 0 Å². The minimum absolute atomic E-state index is 0.00967. The first-order valence-corrected chi connectivity index (χ1v) is 9.65. The van der Waals surface area contributed by atoms with E-state index < -0.39 is 21.0 Å². The normalized spacial score (nSPS) is 13.0. The van der Waals surface area contributed by atoms with Gasteiger partial charge in [0.1, 0.15) is 11.1 Å². The molecule has 0 saturated carbocycles. The Morgan fingerprint density at radius 3 is 2.86 bits per heavy atom. The van der Waals surface area contributed by atoms with Crippen LogP contribution < -0.4 is 5.32 Å². The molecule has 0 spiro atoms. The smallest absolute Gasteiger partial charge is 0.243 e. The van der Waals surface area contributed by atoms with E-state index in [9.17, 15) is 13.2 Å². The van der Waals surface area contributed by atoms with E-state index in [1.54, 1.807) is 35.2 Å². The highest BCUT2D eigenvalue weighted by Crippen LogP contribution is 2.14. The summed E-state index contributed by atoms with van der Waals surface area (Å²) in [5.41, 5.74) is 1.08. The Bertz CT molecular complexity index is 720. The van der Waals surface area contributed by atoms with Crippen molar-refractivity contribution in [2.45, 2.75) is 32.1 Å². The standard InChI is InChI=1S/C14H19N3O3S2/c1-3-8-22(19,20)11(2)14(18)16-13-4-6-15-17(13)9-12-5-7-21-10-12/h4-7,10-11H,3,8-9H2,1-2H3,(H,16,18). The number of amides is 1. The minimum atomic E-state index is -3.42. The summed E-state index contributed by atoms with van der Waals surface area (Å²) >= 11 is 1.59. The van der Waals surface area contributed by atoms with Crippen molar-refractivity contribution in [2.75, 3.05) is 11.1 Å². The maximum atomic E-state index is 12.2. The van der Waals surface area contributed by atoms with E-state index in [2.05, 4.69) is 10.4 Å². The lowest BCUT2D eigenvalue weighted by Crippen LogP contribution is -2.34. The van der Waals surface area contributed by atoms with Crippen molar-refractivity contribution in [2.24, 2.45) is 0 Å². The molecule has 1 N–H and O–H groups in total. The summed E-state index contributed by atoms with van der Waals surface area (Å²) in [5, 5.41) is 9.71. The molecule has 0 bridgehead atoms. The van der Waals surface area contributed by atoms with Crippen molar-refractivity contribution in [1.29, 1.82) is 0 Å². The second-order valence-electron chi connectivity index (χ2n) is 5.00. The summed E-state index contributed by atoms with van der Waals surface area (Å²) in [6, 6.07) is 3.63. The number of nitrogens with zero attached hydrogens (tertiary/aromatic N) is 2. The van der Waals surface area contributed by atoms with Gasteiger partial charge in [0, 0.05) is 6.07 Å². The molecule has 0 radical (unpaired) electrons. The fourth-order valence-corrected chi connectivity index (χ4v) is 3.94. The Kier molecular flexibility index (Phi) is 5.36. The predicted octanol–water partition coefficient (Wildman–Crippen LogP) is 2.14. The van der Waals surface area contributed by atoms with Gasteiger partial charge in [-0.3, -0.25) is 4.79 Å². The molecule has 1 unspecified atom stereocenters. The van der Waals surface area contributed by atoms with Crippen LogP contribution in [-0.2, 0) is 21.2 Å². The monoisotopic (exact) mass is 341 g/mol. The average molecular weight is 341 g/mol. The quantitative estimate of drug-likeness (QED) is 0.836. The van der Waals surface area contributed by atoms with E-state index >= 15 is 0 Å². The molecule has 2 aromatic heterocycles. The van der Waals surface area contributed by atoms with Crippen molar-refractivity contribution in [3.8, 4) is 0 Å². The summed E-state index contributed by atoms with van der Waals surface area (Å²) in [6.07, 6.45) is 2.07. The second-order valence-corrected chi connectivity index (χ2v) is 8.23. The van der Waals surface area contributed by atoms with E-state index in [-0.39, 0.29) is 5.75 Å². The molecule has 0 aliphatic heterocycles. The number of thiophene rings is 1. The van der Waals surface area contributed by atoms with Gasteiger partial charge in [-0.05, 0) is 35.7 Å². The maximum Gasteiger partial charge on any atom is 0.243 e. The highest BCUT2D eigenvalue weighted by Gasteiger charge is 2.27. The number of rotatable bonds is 7. The van der Waals surface area contributed by atoms with Gasteiger partial charge in [0.2, 0.25) is 5.91 Å². The molecule has 2 heterocycles. The number of nitrogens with one attached hydrogen (secondary N) is 1. The number of hydrogen-bond donors (Lipinski definition) is 1. The number of anilines is 1. The van der Waals surface area contributed by atoms with Gasteiger partial charge >= 0.3 is 0 Å². The van der Waals surface area contributed by atoms with Gasteiger partial charge in [0.25, 0.3) is 0 Å². The molecule has 1 atom stereocenters. The van der Waals surface area contributed by atoms with E-state index in [0.29, 0.717) is 18.8 Å². The zero-order valence-electron chi connectivity index (χ0n) is 12.5. The number of aromatic nitrogens is 2. The van der Waals surface area contributed by atoms with Crippen molar-refractivity contribution in [3.63, 3.8) is 0 Å². The topological polar surface area (TPSA) is 81.1 Å². The molecule has 0 aliphatic rings. The molecule has 0 aromatic carbocycles. The molecule has 1 amide bonds. The zero-order valence-corrected chi connectivity index (χ0v) is 14.2. The summed E-state index contributed by atoms with van der Waals surface area (Å²) < 4.78 is 25.6. The number of hydrogen-bond acceptors (Lipinski definition) is 5. The van der Waals surface area contributed by atoms with Crippen LogP contribution in [0.25, 0.3) is 0 Å². The summed E-state index contributed by atoms with van der Waals surface area (Å²) in [5.74, 6) is -0.0225. The van der Waals surface area contributed by atoms with Gasteiger partial charge in [-0.15, -0.1) is 0 Å². The fourth-order valence-electron chi connectivity index (χ4n) is 1.97. The fraction of sp³-hybridized carbons (Fsp3) is 0.429. The molecule has 120 valence electrons. The molecule has 2 rings (SSSR count). The molecular formula is C14H19N3O3S2. The molecule has 0 saturated heterocycles. The number of sulfone groups is 1. The van der Waals surface area contributed by atoms with Gasteiger partial charge in [0.15, 0.2) is 9.84 Å². The Hall–Kier alpha value is -1.67. The van der Waals surface area contributed by atoms with Crippen LogP contribution in [0.2, 0.25) is 0 Å². The van der Waals surface area contributed by atoms with Crippen molar-refractivity contribution in [3.05, 3.63) is 34.7 Å². The zero-order chi connectivity index (χ0) is 16.2. The van der Waals surface area contributed by atoms with Crippen LogP contribution in [0.1, 0.15) is 25.8 Å². The van der Waals surface area contributed by atoms with E-state index in [1.165, 1.54) is 6.92 Å².